The van der Waals surface area contributed by atoms with Gasteiger partial charge in [-0.25, -0.2) is 4.79 Å². The molecule has 0 aliphatic heterocycles. The Bertz CT molecular complexity index is 1030. The summed E-state index contributed by atoms with van der Waals surface area (Å²) in [6.45, 7) is 3.55. The quantitative estimate of drug-likeness (QED) is 0.164. The average Bonchev–Trinajstić information content (AvgIpc) is 3.32. The molecule has 2 aliphatic rings. The lowest BCUT2D eigenvalue weighted by Gasteiger charge is -2.05. The molecule has 2 aromatic carbocycles. The summed E-state index contributed by atoms with van der Waals surface area (Å²) in [7, 11) is 0. The maximum atomic E-state index is 9.22. The van der Waals surface area contributed by atoms with Gasteiger partial charge in [0, 0.05) is 20.6 Å². The lowest BCUT2D eigenvalue weighted by atomic mass is 10.0. The van der Waals surface area contributed by atoms with E-state index < -0.39 is 0 Å². The number of fused-ring (bicyclic) bond motifs is 1. The molecule has 0 spiro atoms. The Morgan fingerprint density at radius 1 is 1.23 bits per heavy atom. The first-order valence-corrected chi connectivity index (χ1v) is 10.0. The van der Waals surface area contributed by atoms with Crippen LogP contribution in [0.1, 0.15) is 41.0 Å². The van der Waals surface area contributed by atoms with Crippen molar-refractivity contribution in [3.63, 3.8) is 0 Å². The van der Waals surface area contributed by atoms with Crippen molar-refractivity contribution in [3.8, 4) is 0 Å². The lowest BCUT2D eigenvalue weighted by molar-refractivity contribution is 0.703. The van der Waals surface area contributed by atoms with Crippen molar-refractivity contribution in [2.75, 3.05) is 0 Å². The smallest absolute Gasteiger partial charge is 0.223 e. The van der Waals surface area contributed by atoms with Crippen LogP contribution in [0.2, 0.25) is 5.02 Å². The molecule has 1 atom stereocenters. The van der Waals surface area contributed by atoms with Crippen molar-refractivity contribution in [2.45, 2.75) is 25.2 Å². The van der Waals surface area contributed by atoms with Gasteiger partial charge in [-0.2, -0.15) is 0 Å². The molecule has 4 rings (SSSR count). The summed E-state index contributed by atoms with van der Waals surface area (Å²) in [6, 6.07) is 12.5. The van der Waals surface area contributed by atoms with E-state index in [1.54, 1.807) is 11.6 Å². The van der Waals surface area contributed by atoms with Crippen LogP contribution in [0, 0.1) is 3.57 Å². The first kappa shape index (κ1) is 17.6. The number of hydrogen-bond acceptors (Lipinski definition) is 0. The summed E-state index contributed by atoms with van der Waals surface area (Å²) in [4.78, 5) is 9.22. The van der Waals surface area contributed by atoms with Crippen molar-refractivity contribution >= 4 is 51.3 Å². The van der Waals surface area contributed by atoms with Crippen LogP contribution in [0.15, 0.2) is 60.4 Å². The number of hydrogen-bond donors (Lipinski definition) is 0. The molecule has 1 unspecified atom stereocenters. The fourth-order valence-corrected chi connectivity index (χ4v) is 5.13. The van der Waals surface area contributed by atoms with Crippen molar-refractivity contribution in [1.29, 1.82) is 0 Å². The van der Waals surface area contributed by atoms with Gasteiger partial charge < -0.3 is 0 Å². The first-order chi connectivity index (χ1) is 12.6. The molecule has 1 fully saturated rings. The van der Waals surface area contributed by atoms with Gasteiger partial charge in [-0.1, -0.05) is 48.0 Å². The van der Waals surface area contributed by atoms with Crippen LogP contribution in [0.3, 0.4) is 0 Å². The fraction of sp³-hybridized carbons (Fsp3) is 0.174. The standard InChI is InChI=1S/C23H16ClIO/c1-2-3-16(13-26)14-4-6-15(7-5-14)20-12-22(20)18-8-9-19-21(18)10-17(24)11-23(19)25/h3-7,10-11,20H,1,8-9,12H2/p+1/b22-18-. The Hall–Kier alpha value is -1.83. The van der Waals surface area contributed by atoms with E-state index in [0.29, 0.717) is 11.5 Å². The molecule has 1 nitrogen and oxygen atoms in total. The second kappa shape index (κ2) is 7.06. The van der Waals surface area contributed by atoms with Crippen molar-refractivity contribution in [3.05, 3.63) is 91.2 Å². The zero-order chi connectivity index (χ0) is 18.3. The third kappa shape index (κ3) is 3.15. The van der Waals surface area contributed by atoms with Gasteiger partial charge in [0.25, 0.3) is 0 Å². The molecule has 0 radical (unpaired) electrons. The van der Waals surface area contributed by atoms with E-state index in [0.717, 1.165) is 29.8 Å². The lowest BCUT2D eigenvalue weighted by Crippen LogP contribution is -1.87. The predicted molar refractivity (Wildman–Crippen MR) is 117 cm³/mol. The summed E-state index contributed by atoms with van der Waals surface area (Å²) in [6.07, 6.45) is 4.98. The number of halogens is 2. The molecule has 0 saturated heterocycles. The predicted octanol–water partition coefficient (Wildman–Crippen LogP) is 6.33. The molecule has 2 aliphatic carbocycles. The third-order valence-corrected chi connectivity index (χ3v) is 6.35. The number of allylic oxidation sites excluding steroid dienone is 4. The maximum absolute atomic E-state index is 9.22. The molecule has 0 heterocycles. The Kier molecular flexibility index (Phi) is 4.77. The minimum absolute atomic E-state index is 0.502. The van der Waals surface area contributed by atoms with Crippen LogP contribution in [0.4, 0.5) is 0 Å². The average molecular weight is 472 g/mol. The Morgan fingerprint density at radius 3 is 2.69 bits per heavy atom. The van der Waals surface area contributed by atoms with E-state index in [9.17, 15) is 4.79 Å². The second-order valence-electron chi connectivity index (χ2n) is 6.67. The van der Waals surface area contributed by atoms with Crippen molar-refractivity contribution in [2.24, 2.45) is 0 Å². The number of benzene rings is 2. The highest BCUT2D eigenvalue weighted by Crippen LogP contribution is 2.54. The van der Waals surface area contributed by atoms with Gasteiger partial charge in [-0.15, -0.1) is 5.73 Å². The summed E-state index contributed by atoms with van der Waals surface area (Å²) >= 11 is 8.68. The second-order valence-corrected chi connectivity index (χ2v) is 8.27. The van der Waals surface area contributed by atoms with E-state index in [2.05, 4.69) is 65.1 Å². The van der Waals surface area contributed by atoms with E-state index in [1.807, 2.05) is 12.1 Å². The summed E-state index contributed by atoms with van der Waals surface area (Å²) in [5.74, 6) is 2.70. The van der Waals surface area contributed by atoms with Gasteiger partial charge in [-0.3, -0.25) is 0 Å². The van der Waals surface area contributed by atoms with Gasteiger partial charge in [-0.05, 0) is 81.8 Å². The molecule has 1 N–H and O–H groups in total. The molecule has 26 heavy (non-hydrogen) atoms. The molecule has 3 heteroatoms. The molecule has 2 aromatic rings. The number of rotatable bonds is 3. The van der Waals surface area contributed by atoms with Gasteiger partial charge in [0.1, 0.15) is 5.57 Å². The molecule has 0 aromatic heterocycles. The van der Waals surface area contributed by atoms with E-state index in [-0.39, 0.29) is 0 Å². The third-order valence-electron chi connectivity index (χ3n) is 5.17. The SMILES string of the molecule is C=C=CC(=C=[OH+])c1ccc(C2C/C2=C2\CCc3c(I)cc(Cl)cc32)cc1. The Labute approximate surface area is 171 Å². The fourth-order valence-electron chi connectivity index (χ4n) is 3.84. The number of carbonyl (C=O) groups excluding carboxylic acids is 1. The Morgan fingerprint density at radius 2 is 2.00 bits per heavy atom. The van der Waals surface area contributed by atoms with E-state index in [4.69, 9.17) is 11.6 Å². The van der Waals surface area contributed by atoms with Gasteiger partial charge in [0.15, 0.2) is 0 Å². The molecule has 0 bridgehead atoms. The molecular weight excluding hydrogens is 455 g/mol. The summed E-state index contributed by atoms with van der Waals surface area (Å²) in [5.41, 5.74) is 11.3. The molecule has 128 valence electrons. The normalized spacial score (nSPS) is 20.2. The van der Waals surface area contributed by atoms with Crippen LogP contribution in [0.5, 0.6) is 0 Å². The van der Waals surface area contributed by atoms with Crippen LogP contribution in [0.25, 0.3) is 11.1 Å². The highest BCUT2D eigenvalue weighted by molar-refractivity contribution is 14.1. The van der Waals surface area contributed by atoms with Gasteiger partial charge in [0.05, 0.1) is 0 Å². The van der Waals surface area contributed by atoms with Crippen molar-refractivity contribution < 1.29 is 4.79 Å². The van der Waals surface area contributed by atoms with Crippen LogP contribution in [-0.4, -0.2) is 10.7 Å². The van der Waals surface area contributed by atoms with Gasteiger partial charge >= 0.3 is 5.94 Å². The highest BCUT2D eigenvalue weighted by Gasteiger charge is 2.36. The Balaban J connectivity index is 1.63. The monoisotopic (exact) mass is 471 g/mol. The minimum atomic E-state index is 0.502. The van der Waals surface area contributed by atoms with E-state index in [1.165, 1.54) is 25.8 Å². The van der Waals surface area contributed by atoms with Crippen molar-refractivity contribution in [1.82, 2.24) is 0 Å². The zero-order valence-corrected chi connectivity index (χ0v) is 17.1. The molecular formula is C23H17ClIO+. The van der Waals surface area contributed by atoms with Gasteiger partial charge in [0.2, 0.25) is 0 Å². The summed E-state index contributed by atoms with van der Waals surface area (Å²) in [5, 5.41) is 0.824. The zero-order valence-electron chi connectivity index (χ0n) is 14.2. The first-order valence-electron chi connectivity index (χ1n) is 8.55. The minimum Gasteiger partial charge on any atom is -0.223 e. The maximum Gasteiger partial charge on any atom is 0.350 e. The van der Waals surface area contributed by atoms with Crippen LogP contribution in [-0.2, 0) is 6.42 Å². The molecule has 1 saturated carbocycles. The molecule has 0 amide bonds. The van der Waals surface area contributed by atoms with E-state index >= 15 is 0 Å². The van der Waals surface area contributed by atoms with Crippen LogP contribution >= 0.6 is 34.2 Å². The van der Waals surface area contributed by atoms with Crippen LogP contribution < -0.4 is 0 Å². The topological polar surface area (TPSA) is 21.4 Å². The largest absolute Gasteiger partial charge is 0.350 e. The summed E-state index contributed by atoms with van der Waals surface area (Å²) < 4.78 is 1.28. The highest BCUT2D eigenvalue weighted by atomic mass is 127.